The van der Waals surface area contributed by atoms with Crippen LogP contribution in [0.15, 0.2) is 22.8 Å². The zero-order valence-electron chi connectivity index (χ0n) is 9.84. The molecule has 1 amide bonds. The first-order valence-electron chi connectivity index (χ1n) is 5.11. The Morgan fingerprint density at radius 2 is 2.18 bits per heavy atom. The minimum Gasteiger partial charge on any atom is -0.467 e. The van der Waals surface area contributed by atoms with Gasteiger partial charge in [-0.3, -0.25) is 4.79 Å². The molecule has 0 aliphatic heterocycles. The second-order valence-corrected chi connectivity index (χ2v) is 6.01. The average molecular weight is 260 g/mol. The maximum absolute atomic E-state index is 11.4. The summed E-state index contributed by atoms with van der Waals surface area (Å²) in [6.45, 7) is 0.272. The highest BCUT2D eigenvalue weighted by Gasteiger charge is 2.15. The Balaban J connectivity index is 2.31. The van der Waals surface area contributed by atoms with E-state index in [2.05, 4.69) is 5.32 Å². The van der Waals surface area contributed by atoms with E-state index in [-0.39, 0.29) is 24.6 Å². The lowest BCUT2D eigenvalue weighted by Gasteiger charge is -2.10. The Bertz CT molecular complexity index is 451. The molecular weight excluding hydrogens is 244 g/mol. The SMILES string of the molecule is CN(C)S(=O)(=O)CCC(=O)NCc1ccco1. The van der Waals surface area contributed by atoms with Gasteiger partial charge in [-0.05, 0) is 12.1 Å². The van der Waals surface area contributed by atoms with Crippen molar-refractivity contribution in [3.63, 3.8) is 0 Å². The van der Waals surface area contributed by atoms with Crippen LogP contribution in [0, 0.1) is 0 Å². The molecule has 17 heavy (non-hydrogen) atoms. The summed E-state index contributed by atoms with van der Waals surface area (Å²) in [5.74, 6) is 0.130. The van der Waals surface area contributed by atoms with Gasteiger partial charge in [-0.25, -0.2) is 12.7 Å². The number of hydrogen-bond donors (Lipinski definition) is 1. The van der Waals surface area contributed by atoms with Crippen molar-refractivity contribution >= 4 is 15.9 Å². The van der Waals surface area contributed by atoms with Crippen molar-refractivity contribution in [1.82, 2.24) is 9.62 Å². The highest BCUT2D eigenvalue weighted by atomic mass is 32.2. The number of nitrogens with zero attached hydrogens (tertiary/aromatic N) is 1. The fourth-order valence-corrected chi connectivity index (χ4v) is 1.90. The fraction of sp³-hybridized carbons (Fsp3) is 0.500. The molecule has 1 rings (SSSR count). The molecule has 1 aromatic heterocycles. The first-order chi connectivity index (χ1) is 7.92. The Morgan fingerprint density at radius 3 is 2.71 bits per heavy atom. The number of amides is 1. The van der Waals surface area contributed by atoms with Crippen LogP contribution in [0.1, 0.15) is 12.2 Å². The molecule has 0 radical (unpaired) electrons. The van der Waals surface area contributed by atoms with Gasteiger partial charge < -0.3 is 9.73 Å². The van der Waals surface area contributed by atoms with Gasteiger partial charge in [0, 0.05) is 20.5 Å². The molecule has 0 atom stereocenters. The van der Waals surface area contributed by atoms with Crippen molar-refractivity contribution in [2.45, 2.75) is 13.0 Å². The normalized spacial score (nSPS) is 11.7. The summed E-state index contributed by atoms with van der Waals surface area (Å²) in [5.41, 5.74) is 0. The summed E-state index contributed by atoms with van der Waals surface area (Å²) in [6, 6.07) is 3.45. The lowest BCUT2D eigenvalue weighted by atomic mass is 10.4. The molecule has 0 saturated heterocycles. The number of rotatable bonds is 6. The van der Waals surface area contributed by atoms with Crippen LogP contribution in [0.25, 0.3) is 0 Å². The molecule has 0 aliphatic rings. The van der Waals surface area contributed by atoms with E-state index in [9.17, 15) is 13.2 Å². The van der Waals surface area contributed by atoms with E-state index < -0.39 is 10.0 Å². The summed E-state index contributed by atoms with van der Waals surface area (Å²) in [5, 5.41) is 2.58. The maximum atomic E-state index is 11.4. The molecule has 0 aliphatic carbocycles. The van der Waals surface area contributed by atoms with Gasteiger partial charge in [0.25, 0.3) is 0 Å². The number of sulfonamides is 1. The van der Waals surface area contributed by atoms with E-state index in [1.165, 1.54) is 20.4 Å². The van der Waals surface area contributed by atoms with Gasteiger partial charge in [-0.1, -0.05) is 0 Å². The van der Waals surface area contributed by atoms with Gasteiger partial charge in [0.05, 0.1) is 18.6 Å². The third-order valence-electron chi connectivity index (χ3n) is 2.18. The number of hydrogen-bond acceptors (Lipinski definition) is 4. The van der Waals surface area contributed by atoms with E-state index in [1.54, 1.807) is 12.1 Å². The van der Waals surface area contributed by atoms with Crippen LogP contribution in [0.4, 0.5) is 0 Å². The highest BCUT2D eigenvalue weighted by Crippen LogP contribution is 2.00. The largest absolute Gasteiger partial charge is 0.467 e. The van der Waals surface area contributed by atoms with Crippen LogP contribution in [0.3, 0.4) is 0 Å². The average Bonchev–Trinajstić information content (AvgIpc) is 2.76. The molecule has 1 N–H and O–H groups in total. The van der Waals surface area contributed by atoms with E-state index in [0.29, 0.717) is 5.76 Å². The molecule has 1 heterocycles. The first-order valence-corrected chi connectivity index (χ1v) is 6.72. The van der Waals surface area contributed by atoms with Gasteiger partial charge in [-0.2, -0.15) is 0 Å². The topological polar surface area (TPSA) is 79.6 Å². The molecule has 0 aromatic carbocycles. The Morgan fingerprint density at radius 1 is 1.47 bits per heavy atom. The van der Waals surface area contributed by atoms with Crippen LogP contribution in [0.5, 0.6) is 0 Å². The molecule has 1 aromatic rings. The molecule has 0 fully saturated rings. The van der Waals surface area contributed by atoms with E-state index in [4.69, 9.17) is 4.42 Å². The standard InChI is InChI=1S/C10H16N2O4S/c1-12(2)17(14,15)7-5-10(13)11-8-9-4-3-6-16-9/h3-4,6H,5,7-8H2,1-2H3,(H,11,13). The van der Waals surface area contributed by atoms with Gasteiger partial charge in [-0.15, -0.1) is 0 Å². The zero-order chi connectivity index (χ0) is 12.9. The Hall–Kier alpha value is -1.34. The number of furan rings is 1. The van der Waals surface area contributed by atoms with Crippen molar-refractivity contribution in [3.05, 3.63) is 24.2 Å². The highest BCUT2D eigenvalue weighted by molar-refractivity contribution is 7.89. The van der Waals surface area contributed by atoms with E-state index >= 15 is 0 Å². The molecule has 0 spiro atoms. The first kappa shape index (κ1) is 13.7. The third-order valence-corrected chi connectivity index (χ3v) is 4.02. The van der Waals surface area contributed by atoms with Gasteiger partial charge >= 0.3 is 0 Å². The Kier molecular flexibility index (Phi) is 4.71. The molecule has 0 unspecified atom stereocenters. The summed E-state index contributed by atoms with van der Waals surface area (Å²) in [4.78, 5) is 11.4. The zero-order valence-corrected chi connectivity index (χ0v) is 10.7. The van der Waals surface area contributed by atoms with Crippen LogP contribution < -0.4 is 5.32 Å². The maximum Gasteiger partial charge on any atom is 0.221 e. The number of nitrogens with one attached hydrogen (secondary N) is 1. The molecule has 6 nitrogen and oxygen atoms in total. The summed E-state index contributed by atoms with van der Waals surface area (Å²) in [6.07, 6.45) is 1.46. The summed E-state index contributed by atoms with van der Waals surface area (Å²) >= 11 is 0. The summed E-state index contributed by atoms with van der Waals surface area (Å²) in [7, 11) is -0.435. The quantitative estimate of drug-likeness (QED) is 0.791. The van der Waals surface area contributed by atoms with Gasteiger partial charge in [0.2, 0.25) is 15.9 Å². The molecule has 96 valence electrons. The fourth-order valence-electron chi connectivity index (χ4n) is 1.09. The monoisotopic (exact) mass is 260 g/mol. The van der Waals surface area contributed by atoms with Crippen molar-refractivity contribution in [3.8, 4) is 0 Å². The van der Waals surface area contributed by atoms with Crippen molar-refractivity contribution in [2.24, 2.45) is 0 Å². The second kappa shape index (κ2) is 5.83. The van der Waals surface area contributed by atoms with Crippen LogP contribution in [-0.4, -0.2) is 38.5 Å². The lowest BCUT2D eigenvalue weighted by Crippen LogP contribution is -2.30. The van der Waals surface area contributed by atoms with E-state index in [0.717, 1.165) is 4.31 Å². The van der Waals surface area contributed by atoms with Crippen LogP contribution >= 0.6 is 0 Å². The lowest BCUT2D eigenvalue weighted by molar-refractivity contribution is -0.120. The Labute approximate surface area is 101 Å². The van der Waals surface area contributed by atoms with Gasteiger partial charge in [0.1, 0.15) is 5.76 Å². The summed E-state index contributed by atoms with van der Waals surface area (Å²) < 4.78 is 28.9. The predicted molar refractivity (Wildman–Crippen MR) is 62.6 cm³/mol. The molecular formula is C10H16N2O4S. The van der Waals surface area contributed by atoms with E-state index in [1.807, 2.05) is 0 Å². The van der Waals surface area contributed by atoms with Crippen LogP contribution in [-0.2, 0) is 21.4 Å². The number of carbonyl (C=O) groups is 1. The predicted octanol–water partition coefficient (Wildman–Crippen LogP) is 0.177. The minimum absolute atomic E-state index is 0.0543. The van der Waals surface area contributed by atoms with Gasteiger partial charge in [0.15, 0.2) is 0 Å². The van der Waals surface area contributed by atoms with Crippen molar-refractivity contribution in [2.75, 3.05) is 19.8 Å². The molecule has 0 saturated carbocycles. The second-order valence-electron chi connectivity index (χ2n) is 3.70. The minimum atomic E-state index is -3.32. The smallest absolute Gasteiger partial charge is 0.221 e. The molecule has 7 heteroatoms. The third kappa shape index (κ3) is 4.58. The number of carbonyl (C=O) groups excluding carboxylic acids is 1. The van der Waals surface area contributed by atoms with Crippen molar-refractivity contribution < 1.29 is 17.6 Å². The van der Waals surface area contributed by atoms with Crippen LogP contribution in [0.2, 0.25) is 0 Å². The molecule has 0 bridgehead atoms. The van der Waals surface area contributed by atoms with Crippen molar-refractivity contribution in [1.29, 1.82) is 0 Å².